The molecule has 1 heteroatoms. The van der Waals surface area contributed by atoms with Crippen LogP contribution >= 0.6 is 0 Å². The molecule has 46 valence electrons. The molecule has 0 heterocycles. The zero-order valence-corrected chi connectivity index (χ0v) is 5.73. The van der Waals surface area contributed by atoms with Gasteiger partial charge in [0.2, 0.25) is 0 Å². The molecule has 0 atom stereocenters. The Hall–Kier alpha value is 0.259. The molecule has 0 aromatic heterocycles. The van der Waals surface area contributed by atoms with Crippen LogP contribution in [0.2, 0.25) is 0 Å². The van der Waals surface area contributed by atoms with Crippen LogP contribution in [0.1, 0.15) is 26.7 Å². The fourth-order valence-corrected chi connectivity index (χ4v) is 0.574. The molecular formula is C6H11Cu. The van der Waals surface area contributed by atoms with Crippen molar-refractivity contribution in [3.8, 4) is 0 Å². The van der Waals surface area contributed by atoms with Crippen LogP contribution in [0.4, 0.5) is 0 Å². The van der Waals surface area contributed by atoms with E-state index in [1.54, 1.807) is 4.97 Å². The third kappa shape index (κ3) is 4.11. The topological polar surface area (TPSA) is 0 Å². The van der Waals surface area contributed by atoms with Gasteiger partial charge in [0.05, 0.1) is 0 Å². The number of hydrogen-bond donors (Lipinski definition) is 0. The van der Waals surface area contributed by atoms with Gasteiger partial charge in [0, 0.05) is 0 Å². The van der Waals surface area contributed by atoms with E-state index in [1.165, 1.54) is 12.0 Å². The average molecular weight is 147 g/mol. The van der Waals surface area contributed by atoms with E-state index in [4.69, 9.17) is 16.0 Å². The van der Waals surface area contributed by atoms with Crippen molar-refractivity contribution >= 4 is 0 Å². The zero-order valence-electron chi connectivity index (χ0n) is 4.79. The Labute approximate surface area is 53.8 Å². The molecule has 0 aliphatic rings. The number of allylic oxidation sites excluding steroid dienone is 1. The van der Waals surface area contributed by atoms with Gasteiger partial charge in [-0.2, -0.15) is 0 Å². The van der Waals surface area contributed by atoms with E-state index in [9.17, 15) is 0 Å². The van der Waals surface area contributed by atoms with Gasteiger partial charge in [-0.3, -0.25) is 0 Å². The maximum atomic E-state index is 4.81. The molecule has 7 heavy (non-hydrogen) atoms. The monoisotopic (exact) mass is 146 g/mol. The van der Waals surface area contributed by atoms with Crippen molar-refractivity contribution in [1.29, 1.82) is 0 Å². The summed E-state index contributed by atoms with van der Waals surface area (Å²) in [4.78, 5) is 1.73. The van der Waals surface area contributed by atoms with Crippen LogP contribution < -0.4 is 0 Å². The quantitative estimate of drug-likeness (QED) is 0.525. The number of rotatable bonds is 2. The van der Waals surface area contributed by atoms with Gasteiger partial charge in [-0.15, -0.1) is 0 Å². The van der Waals surface area contributed by atoms with Gasteiger partial charge in [0.15, 0.2) is 0 Å². The van der Waals surface area contributed by atoms with Crippen molar-refractivity contribution in [2.75, 3.05) is 0 Å². The predicted molar refractivity (Wildman–Crippen MR) is 28.7 cm³/mol. The predicted octanol–water partition coefficient (Wildman–Crippen LogP) is 2.24. The van der Waals surface area contributed by atoms with E-state index >= 15 is 0 Å². The van der Waals surface area contributed by atoms with Crippen LogP contribution in [-0.2, 0) is 16.0 Å². The van der Waals surface area contributed by atoms with Crippen LogP contribution in [0.25, 0.3) is 0 Å². The molecule has 0 aliphatic carbocycles. The first kappa shape index (κ1) is 7.26. The Morgan fingerprint density at radius 1 is 1.71 bits per heavy atom. The van der Waals surface area contributed by atoms with E-state index in [1.807, 2.05) is 0 Å². The summed E-state index contributed by atoms with van der Waals surface area (Å²) in [7, 11) is 0. The molecule has 0 amide bonds. The maximum absolute atomic E-state index is 4.81. The summed E-state index contributed by atoms with van der Waals surface area (Å²) < 4.78 is 0. The number of hydrogen-bond acceptors (Lipinski definition) is 0. The average Bonchev–Trinajstić information content (AvgIpc) is 1.68. The fraction of sp³-hybridized carbons (Fsp3) is 0.667. The van der Waals surface area contributed by atoms with Crippen LogP contribution in [0, 0.1) is 0 Å². The van der Waals surface area contributed by atoms with E-state index in [2.05, 4.69) is 13.8 Å². The molecule has 0 aliphatic heterocycles. The zero-order chi connectivity index (χ0) is 5.70. The Balaban J connectivity index is 3.17. The molecule has 0 nitrogen and oxygen atoms in total. The second-order valence-electron chi connectivity index (χ2n) is 1.68. The summed E-state index contributed by atoms with van der Waals surface area (Å²) in [6.45, 7) is 4.21. The Morgan fingerprint density at radius 3 is 2.43 bits per heavy atom. The van der Waals surface area contributed by atoms with Crippen molar-refractivity contribution in [3.05, 3.63) is 10.5 Å². The molecular weight excluding hydrogens is 136 g/mol. The normalized spacial score (nSPS) is 12.3. The second-order valence-corrected chi connectivity index (χ2v) is 1.96. The van der Waals surface area contributed by atoms with Crippen molar-refractivity contribution in [2.45, 2.75) is 26.7 Å². The van der Waals surface area contributed by atoms with E-state index in [-0.39, 0.29) is 0 Å². The van der Waals surface area contributed by atoms with Crippen molar-refractivity contribution in [1.82, 2.24) is 0 Å². The Morgan fingerprint density at radius 2 is 2.29 bits per heavy atom. The first-order valence-electron chi connectivity index (χ1n) is 2.52. The first-order valence-corrected chi connectivity index (χ1v) is 3.07. The first-order chi connectivity index (χ1) is 3.31. The van der Waals surface area contributed by atoms with Crippen LogP contribution in [0.3, 0.4) is 0 Å². The van der Waals surface area contributed by atoms with E-state index < -0.39 is 0 Å². The van der Waals surface area contributed by atoms with Gasteiger partial charge in [-0.25, -0.2) is 0 Å². The SMILES string of the molecule is CCC/C(C)=[CH]/[Cu]. The minimum atomic E-state index is 1.15. The molecule has 0 saturated carbocycles. The fourth-order valence-electron chi connectivity index (χ4n) is 0.438. The van der Waals surface area contributed by atoms with Crippen LogP contribution in [-0.4, -0.2) is 0 Å². The van der Waals surface area contributed by atoms with Crippen LogP contribution in [0.15, 0.2) is 10.5 Å². The third-order valence-corrected chi connectivity index (χ3v) is 1.26. The molecule has 0 bridgehead atoms. The van der Waals surface area contributed by atoms with Crippen molar-refractivity contribution < 1.29 is 16.0 Å². The molecule has 0 N–H and O–H groups in total. The van der Waals surface area contributed by atoms with E-state index in [0.717, 1.165) is 6.42 Å². The standard InChI is InChI=1S/C6H11.Cu/c1-4-5-6(2)3;/h2H,4-5H2,1,3H3;. The summed E-state index contributed by atoms with van der Waals surface area (Å²) >= 11 is 4.81. The summed E-state index contributed by atoms with van der Waals surface area (Å²) in [6.07, 6.45) is 2.36. The Kier molecular flexibility index (Phi) is 4.58. The molecule has 0 aromatic rings. The van der Waals surface area contributed by atoms with Gasteiger partial charge in [0.25, 0.3) is 0 Å². The van der Waals surface area contributed by atoms with Crippen LogP contribution in [0.5, 0.6) is 0 Å². The summed E-state index contributed by atoms with van der Waals surface area (Å²) in [5.74, 6) is 0. The molecule has 0 radical (unpaired) electrons. The van der Waals surface area contributed by atoms with Gasteiger partial charge in [-0.1, -0.05) is 0 Å². The molecule has 0 spiro atoms. The molecule has 0 saturated heterocycles. The summed E-state index contributed by atoms with van der Waals surface area (Å²) in [5, 5.41) is 0. The molecule has 0 unspecified atom stereocenters. The van der Waals surface area contributed by atoms with Crippen molar-refractivity contribution in [3.63, 3.8) is 0 Å². The molecule has 0 aromatic carbocycles. The summed E-state index contributed by atoms with van der Waals surface area (Å²) in [5.41, 5.74) is 1.31. The minimum absolute atomic E-state index is 1.15. The Bertz CT molecular complexity index is 64.6. The molecule has 0 fully saturated rings. The summed E-state index contributed by atoms with van der Waals surface area (Å²) in [6, 6.07) is 0. The third-order valence-electron chi connectivity index (χ3n) is 0.793. The van der Waals surface area contributed by atoms with Gasteiger partial charge in [-0.05, 0) is 0 Å². The van der Waals surface area contributed by atoms with E-state index in [0.29, 0.717) is 0 Å². The molecule has 0 rings (SSSR count). The second kappa shape index (κ2) is 4.42. The van der Waals surface area contributed by atoms with Gasteiger partial charge < -0.3 is 0 Å². The van der Waals surface area contributed by atoms with Gasteiger partial charge >= 0.3 is 53.2 Å². The van der Waals surface area contributed by atoms with Gasteiger partial charge in [0.1, 0.15) is 0 Å². The van der Waals surface area contributed by atoms with Crippen molar-refractivity contribution in [2.24, 2.45) is 0 Å².